The summed E-state index contributed by atoms with van der Waals surface area (Å²) in [6.07, 6.45) is 1.64. The summed E-state index contributed by atoms with van der Waals surface area (Å²) in [5, 5.41) is 2.35. The van der Waals surface area contributed by atoms with Gasteiger partial charge in [0, 0.05) is 4.47 Å². The third-order valence-corrected chi connectivity index (χ3v) is 4.26. The van der Waals surface area contributed by atoms with E-state index in [1.165, 1.54) is 10.8 Å². The van der Waals surface area contributed by atoms with Crippen molar-refractivity contribution in [1.82, 2.24) is 0 Å². The summed E-state index contributed by atoms with van der Waals surface area (Å²) in [4.78, 5) is 0. The van der Waals surface area contributed by atoms with Crippen molar-refractivity contribution in [3.05, 3.63) is 69.0 Å². The molecule has 1 aromatic heterocycles. The molecule has 0 aliphatic heterocycles. The Kier molecular flexibility index (Phi) is 3.48. The van der Waals surface area contributed by atoms with Crippen molar-refractivity contribution >= 4 is 42.6 Å². The van der Waals surface area contributed by atoms with Crippen LogP contribution in [-0.2, 0) is 0 Å². The van der Waals surface area contributed by atoms with Gasteiger partial charge in [-0.3, -0.25) is 0 Å². The zero-order chi connectivity index (χ0) is 13.4. The van der Waals surface area contributed by atoms with E-state index in [1.54, 1.807) is 6.26 Å². The maximum absolute atomic E-state index is 6.25. The SMILES string of the molecule is NC(c1ccc2cc(Br)ccc2c1)c1occc1Br. The number of furan rings is 1. The predicted octanol–water partition coefficient (Wildman–Crippen LogP) is 5.01. The second kappa shape index (κ2) is 5.12. The number of hydrogen-bond acceptors (Lipinski definition) is 2. The summed E-state index contributed by atoms with van der Waals surface area (Å²) in [6.45, 7) is 0. The van der Waals surface area contributed by atoms with E-state index >= 15 is 0 Å². The third-order valence-electron chi connectivity index (χ3n) is 3.11. The minimum Gasteiger partial charge on any atom is -0.466 e. The first-order valence-electron chi connectivity index (χ1n) is 5.83. The molecule has 3 rings (SSSR count). The van der Waals surface area contributed by atoms with E-state index in [4.69, 9.17) is 10.2 Å². The summed E-state index contributed by atoms with van der Waals surface area (Å²) in [7, 11) is 0. The van der Waals surface area contributed by atoms with Crippen molar-refractivity contribution in [2.75, 3.05) is 0 Å². The molecule has 2 N–H and O–H groups in total. The van der Waals surface area contributed by atoms with E-state index in [0.717, 1.165) is 20.3 Å². The first kappa shape index (κ1) is 12.9. The van der Waals surface area contributed by atoms with Crippen LogP contribution >= 0.6 is 31.9 Å². The highest BCUT2D eigenvalue weighted by Gasteiger charge is 2.15. The Morgan fingerprint density at radius 3 is 2.42 bits per heavy atom. The molecule has 0 aliphatic carbocycles. The van der Waals surface area contributed by atoms with Gasteiger partial charge in [-0.05, 0) is 56.5 Å². The zero-order valence-electron chi connectivity index (χ0n) is 9.94. The molecular formula is C15H11Br2NO. The molecule has 3 aromatic rings. The monoisotopic (exact) mass is 379 g/mol. The number of halogens is 2. The van der Waals surface area contributed by atoms with Crippen LogP contribution in [0, 0.1) is 0 Å². The molecule has 2 aromatic carbocycles. The second-order valence-corrected chi connectivity index (χ2v) is 6.13. The fraction of sp³-hybridized carbons (Fsp3) is 0.0667. The largest absolute Gasteiger partial charge is 0.466 e. The molecule has 0 fully saturated rings. The van der Waals surface area contributed by atoms with Crippen LogP contribution in [0.4, 0.5) is 0 Å². The highest BCUT2D eigenvalue weighted by Crippen LogP contribution is 2.30. The van der Waals surface area contributed by atoms with Crippen LogP contribution in [0.1, 0.15) is 17.4 Å². The summed E-state index contributed by atoms with van der Waals surface area (Å²) in [6, 6.07) is 14.0. The molecule has 0 bridgehead atoms. The summed E-state index contributed by atoms with van der Waals surface area (Å²) < 4.78 is 7.41. The van der Waals surface area contributed by atoms with Gasteiger partial charge in [0.25, 0.3) is 0 Å². The maximum atomic E-state index is 6.25. The Labute approximate surface area is 127 Å². The lowest BCUT2D eigenvalue weighted by Gasteiger charge is -2.11. The minimum atomic E-state index is -0.266. The smallest absolute Gasteiger partial charge is 0.139 e. The first-order valence-corrected chi connectivity index (χ1v) is 7.41. The van der Waals surface area contributed by atoms with Gasteiger partial charge >= 0.3 is 0 Å². The summed E-state index contributed by atoms with van der Waals surface area (Å²) in [5.74, 6) is 0.747. The van der Waals surface area contributed by atoms with Gasteiger partial charge in [0.1, 0.15) is 5.76 Å². The standard InChI is InChI=1S/C15H11Br2NO/c16-12-4-3-9-7-11(2-1-10(9)8-12)14(18)15-13(17)5-6-19-15/h1-8,14H,18H2. The number of benzene rings is 2. The van der Waals surface area contributed by atoms with E-state index in [1.807, 2.05) is 18.2 Å². The number of hydrogen-bond donors (Lipinski definition) is 1. The average molecular weight is 381 g/mol. The fourth-order valence-electron chi connectivity index (χ4n) is 2.11. The van der Waals surface area contributed by atoms with Crippen molar-refractivity contribution in [2.45, 2.75) is 6.04 Å². The molecule has 0 saturated heterocycles. The Hall–Kier alpha value is -1.10. The Balaban J connectivity index is 2.06. The first-order chi connectivity index (χ1) is 9.15. The van der Waals surface area contributed by atoms with Crippen molar-refractivity contribution < 1.29 is 4.42 Å². The Bertz CT molecular complexity index is 736. The molecule has 1 heterocycles. The fourth-order valence-corrected chi connectivity index (χ4v) is 2.93. The van der Waals surface area contributed by atoms with Crippen LogP contribution in [0.5, 0.6) is 0 Å². The number of rotatable bonds is 2. The van der Waals surface area contributed by atoms with Crippen molar-refractivity contribution in [1.29, 1.82) is 0 Å². The van der Waals surface area contributed by atoms with E-state index in [-0.39, 0.29) is 6.04 Å². The third kappa shape index (κ3) is 2.48. The molecule has 4 heteroatoms. The van der Waals surface area contributed by atoms with Crippen LogP contribution in [0.2, 0.25) is 0 Å². The molecule has 0 saturated carbocycles. The molecule has 0 radical (unpaired) electrons. The van der Waals surface area contributed by atoms with Gasteiger partial charge in [0.05, 0.1) is 16.8 Å². The van der Waals surface area contributed by atoms with E-state index in [2.05, 4.69) is 56.1 Å². The maximum Gasteiger partial charge on any atom is 0.139 e. The molecule has 0 aliphatic rings. The van der Waals surface area contributed by atoms with E-state index in [0.29, 0.717) is 0 Å². The van der Waals surface area contributed by atoms with E-state index in [9.17, 15) is 0 Å². The molecule has 1 atom stereocenters. The lowest BCUT2D eigenvalue weighted by molar-refractivity contribution is 0.487. The van der Waals surface area contributed by atoms with Crippen LogP contribution in [-0.4, -0.2) is 0 Å². The van der Waals surface area contributed by atoms with Gasteiger partial charge in [0.2, 0.25) is 0 Å². The van der Waals surface area contributed by atoms with Gasteiger partial charge in [-0.2, -0.15) is 0 Å². The van der Waals surface area contributed by atoms with Crippen LogP contribution in [0.25, 0.3) is 10.8 Å². The van der Waals surface area contributed by atoms with Crippen LogP contribution in [0.15, 0.2) is 62.1 Å². The lowest BCUT2D eigenvalue weighted by atomic mass is 10.0. The molecule has 2 nitrogen and oxygen atoms in total. The van der Waals surface area contributed by atoms with Crippen molar-refractivity contribution in [3.63, 3.8) is 0 Å². The molecule has 0 amide bonds. The highest BCUT2D eigenvalue weighted by atomic mass is 79.9. The lowest BCUT2D eigenvalue weighted by Crippen LogP contribution is -2.11. The normalized spacial score (nSPS) is 12.8. The second-order valence-electron chi connectivity index (χ2n) is 4.36. The van der Waals surface area contributed by atoms with Crippen molar-refractivity contribution in [3.8, 4) is 0 Å². The number of fused-ring (bicyclic) bond motifs is 1. The molecule has 19 heavy (non-hydrogen) atoms. The summed E-state index contributed by atoms with van der Waals surface area (Å²) in [5.41, 5.74) is 7.28. The number of nitrogens with two attached hydrogens (primary N) is 1. The van der Waals surface area contributed by atoms with Gasteiger partial charge in [-0.1, -0.05) is 34.1 Å². The highest BCUT2D eigenvalue weighted by molar-refractivity contribution is 9.10. The predicted molar refractivity (Wildman–Crippen MR) is 84.1 cm³/mol. The summed E-state index contributed by atoms with van der Waals surface area (Å²) >= 11 is 6.92. The van der Waals surface area contributed by atoms with Gasteiger partial charge in [0.15, 0.2) is 0 Å². The molecule has 96 valence electrons. The molecule has 0 spiro atoms. The van der Waals surface area contributed by atoms with Crippen molar-refractivity contribution in [2.24, 2.45) is 5.73 Å². The van der Waals surface area contributed by atoms with E-state index < -0.39 is 0 Å². The quantitative estimate of drug-likeness (QED) is 0.678. The van der Waals surface area contributed by atoms with Gasteiger partial charge in [-0.15, -0.1) is 0 Å². The Morgan fingerprint density at radius 2 is 1.68 bits per heavy atom. The zero-order valence-corrected chi connectivity index (χ0v) is 13.1. The minimum absolute atomic E-state index is 0.266. The topological polar surface area (TPSA) is 39.2 Å². The van der Waals surface area contributed by atoms with Gasteiger partial charge < -0.3 is 10.2 Å². The molecular weight excluding hydrogens is 370 g/mol. The average Bonchev–Trinajstić information content (AvgIpc) is 2.83. The van der Waals surface area contributed by atoms with Crippen LogP contribution < -0.4 is 5.73 Å². The van der Waals surface area contributed by atoms with Crippen LogP contribution in [0.3, 0.4) is 0 Å². The molecule has 1 unspecified atom stereocenters. The van der Waals surface area contributed by atoms with Gasteiger partial charge in [-0.25, -0.2) is 0 Å². The Morgan fingerprint density at radius 1 is 0.947 bits per heavy atom.